The van der Waals surface area contributed by atoms with Crippen molar-refractivity contribution in [2.45, 2.75) is 70.3 Å². The lowest BCUT2D eigenvalue weighted by atomic mass is 9.50. The van der Waals surface area contributed by atoms with Crippen LogP contribution in [0.15, 0.2) is 23.8 Å². The molecule has 6 atom stereocenters. The first-order valence-corrected chi connectivity index (χ1v) is 10.6. The van der Waals surface area contributed by atoms with Gasteiger partial charge in [0.15, 0.2) is 5.78 Å². The lowest BCUT2D eigenvalue weighted by molar-refractivity contribution is -0.129. The number of ketones is 1. The first kappa shape index (κ1) is 15.2. The Kier molecular flexibility index (Phi) is 2.85. The van der Waals surface area contributed by atoms with Gasteiger partial charge in [-0.2, -0.15) is 0 Å². The topological polar surface area (TPSA) is 26.3 Å². The van der Waals surface area contributed by atoms with Gasteiger partial charge in [0.05, 0.1) is 12.2 Å². The highest BCUT2D eigenvalue weighted by Gasteiger charge is 2.76. The van der Waals surface area contributed by atoms with Crippen LogP contribution in [0.5, 0.6) is 0 Å². The van der Waals surface area contributed by atoms with Crippen molar-refractivity contribution in [3.8, 4) is 0 Å². The standard InChI is InChI=1S/C23H30O2/c1-21-9-7-18-17-6-4-16(24)13-15(17)3-5-19(18)20(21)14-22(10-11-22)23(21)8-2-12-25-23/h2,8,13,17-20H,3-7,9-12,14H2,1H3/t17?,18?,19?,20?,21-,23+/m0/s1. The molecule has 0 aromatic carbocycles. The minimum absolute atomic E-state index is 0.0499. The van der Waals surface area contributed by atoms with Crippen LogP contribution >= 0.6 is 0 Å². The molecule has 0 bridgehead atoms. The average Bonchev–Trinajstić information content (AvgIpc) is 3.14. The molecule has 2 spiro atoms. The molecule has 0 aromatic rings. The molecule has 0 radical (unpaired) electrons. The first-order valence-electron chi connectivity index (χ1n) is 10.6. The van der Waals surface area contributed by atoms with Crippen LogP contribution in [0.2, 0.25) is 0 Å². The molecule has 0 saturated heterocycles. The summed E-state index contributed by atoms with van der Waals surface area (Å²) < 4.78 is 6.58. The zero-order valence-electron chi connectivity index (χ0n) is 15.4. The van der Waals surface area contributed by atoms with E-state index in [-0.39, 0.29) is 5.60 Å². The van der Waals surface area contributed by atoms with Crippen LogP contribution in [-0.2, 0) is 9.53 Å². The van der Waals surface area contributed by atoms with Crippen LogP contribution in [-0.4, -0.2) is 18.0 Å². The summed E-state index contributed by atoms with van der Waals surface area (Å²) in [6.45, 7) is 3.40. The molecule has 2 heteroatoms. The summed E-state index contributed by atoms with van der Waals surface area (Å²) in [5.41, 5.74) is 2.36. The quantitative estimate of drug-likeness (QED) is 0.591. The smallest absolute Gasteiger partial charge is 0.155 e. The number of rotatable bonds is 0. The Bertz CT molecular complexity index is 699. The van der Waals surface area contributed by atoms with Crippen LogP contribution in [0.4, 0.5) is 0 Å². The Hall–Kier alpha value is -0.890. The monoisotopic (exact) mass is 338 g/mol. The van der Waals surface area contributed by atoms with E-state index in [1.807, 2.05) is 6.08 Å². The summed E-state index contributed by atoms with van der Waals surface area (Å²) in [6, 6.07) is 0. The molecular weight excluding hydrogens is 308 g/mol. The van der Waals surface area contributed by atoms with Crippen molar-refractivity contribution in [3.63, 3.8) is 0 Å². The second-order valence-corrected chi connectivity index (χ2v) is 10.2. The van der Waals surface area contributed by atoms with Crippen molar-refractivity contribution in [2.75, 3.05) is 6.61 Å². The lowest BCUT2D eigenvalue weighted by Crippen LogP contribution is -2.54. The van der Waals surface area contributed by atoms with Crippen molar-refractivity contribution in [3.05, 3.63) is 23.8 Å². The number of fused-ring (bicyclic) bond motifs is 7. The predicted octanol–water partition coefficient (Wildman–Crippen LogP) is 4.84. The first-order chi connectivity index (χ1) is 12.1. The third-order valence-electron chi connectivity index (χ3n) is 9.55. The molecule has 134 valence electrons. The second kappa shape index (κ2) is 4.68. The van der Waals surface area contributed by atoms with Gasteiger partial charge in [-0.25, -0.2) is 0 Å². The number of ether oxygens (including phenoxy) is 1. The van der Waals surface area contributed by atoms with Crippen molar-refractivity contribution in [2.24, 2.45) is 34.5 Å². The molecule has 0 amide bonds. The van der Waals surface area contributed by atoms with Crippen molar-refractivity contribution < 1.29 is 9.53 Å². The maximum absolute atomic E-state index is 11.9. The molecule has 6 aliphatic rings. The molecule has 1 aliphatic heterocycles. The van der Waals surface area contributed by atoms with Crippen LogP contribution < -0.4 is 0 Å². The minimum Gasteiger partial charge on any atom is -0.366 e. The normalized spacial score (nSPS) is 52.0. The minimum atomic E-state index is 0.0499. The van der Waals surface area contributed by atoms with Crippen LogP contribution in [0.1, 0.15) is 64.7 Å². The summed E-state index contributed by atoms with van der Waals surface area (Å²) in [7, 11) is 0. The molecule has 4 unspecified atom stereocenters. The van der Waals surface area contributed by atoms with Gasteiger partial charge in [0.2, 0.25) is 0 Å². The maximum atomic E-state index is 11.9. The molecule has 1 heterocycles. The largest absolute Gasteiger partial charge is 0.366 e. The molecule has 6 rings (SSSR count). The van der Waals surface area contributed by atoms with Crippen LogP contribution in [0.25, 0.3) is 0 Å². The maximum Gasteiger partial charge on any atom is 0.155 e. The SMILES string of the molecule is C[C@]12CCC3C4CCC(=O)C=C4CCC3C1CC1(CC1)[C@@]21C=CCO1. The lowest BCUT2D eigenvalue weighted by Gasteiger charge is -2.56. The van der Waals surface area contributed by atoms with E-state index >= 15 is 0 Å². The fourth-order valence-electron chi connectivity index (χ4n) is 8.37. The highest BCUT2D eigenvalue weighted by atomic mass is 16.5. The van der Waals surface area contributed by atoms with E-state index in [1.165, 1.54) is 50.5 Å². The van der Waals surface area contributed by atoms with Crippen molar-refractivity contribution in [1.29, 1.82) is 0 Å². The fraction of sp³-hybridized carbons (Fsp3) is 0.783. The molecule has 0 aromatic heterocycles. The van der Waals surface area contributed by atoms with Gasteiger partial charge in [0.25, 0.3) is 0 Å². The predicted molar refractivity (Wildman–Crippen MR) is 97.0 cm³/mol. The van der Waals surface area contributed by atoms with Gasteiger partial charge < -0.3 is 4.74 Å². The van der Waals surface area contributed by atoms with E-state index in [9.17, 15) is 4.79 Å². The van der Waals surface area contributed by atoms with E-state index in [2.05, 4.69) is 19.1 Å². The van der Waals surface area contributed by atoms with Gasteiger partial charge in [-0.1, -0.05) is 24.6 Å². The summed E-state index contributed by atoms with van der Waals surface area (Å²) >= 11 is 0. The number of allylic oxidation sites excluding steroid dienone is 1. The van der Waals surface area contributed by atoms with Crippen LogP contribution in [0.3, 0.4) is 0 Å². The second-order valence-electron chi connectivity index (χ2n) is 10.2. The number of carbonyl (C=O) groups is 1. The van der Waals surface area contributed by atoms with E-state index in [4.69, 9.17) is 4.74 Å². The van der Waals surface area contributed by atoms with E-state index < -0.39 is 0 Å². The molecule has 25 heavy (non-hydrogen) atoms. The summed E-state index contributed by atoms with van der Waals surface area (Å²) in [5, 5.41) is 0. The fourth-order valence-corrected chi connectivity index (χ4v) is 8.37. The van der Waals surface area contributed by atoms with E-state index in [0.717, 1.165) is 37.2 Å². The number of carbonyl (C=O) groups excluding carboxylic acids is 1. The summed E-state index contributed by atoms with van der Waals surface area (Å²) in [4.78, 5) is 11.9. The van der Waals surface area contributed by atoms with E-state index in [0.29, 0.717) is 22.5 Å². The van der Waals surface area contributed by atoms with Crippen molar-refractivity contribution in [1.82, 2.24) is 0 Å². The Morgan fingerprint density at radius 3 is 2.72 bits per heavy atom. The highest BCUT2D eigenvalue weighted by Crippen LogP contribution is 2.78. The number of hydrogen-bond donors (Lipinski definition) is 0. The Balaban J connectivity index is 1.39. The van der Waals surface area contributed by atoms with Gasteiger partial charge in [-0.3, -0.25) is 4.79 Å². The third kappa shape index (κ3) is 1.69. The van der Waals surface area contributed by atoms with Gasteiger partial charge >= 0.3 is 0 Å². The van der Waals surface area contributed by atoms with Gasteiger partial charge in [-0.05, 0) is 81.1 Å². The highest BCUT2D eigenvalue weighted by molar-refractivity contribution is 5.91. The third-order valence-corrected chi connectivity index (χ3v) is 9.55. The molecule has 4 fully saturated rings. The molecule has 0 N–H and O–H groups in total. The molecular formula is C23H30O2. The van der Waals surface area contributed by atoms with Crippen molar-refractivity contribution >= 4 is 5.78 Å². The molecule has 4 saturated carbocycles. The summed E-state index contributed by atoms with van der Waals surface area (Å²) in [6.07, 6.45) is 18.1. The Morgan fingerprint density at radius 1 is 1.08 bits per heavy atom. The zero-order chi connectivity index (χ0) is 16.9. The molecule has 2 nitrogen and oxygen atoms in total. The van der Waals surface area contributed by atoms with Gasteiger partial charge in [0.1, 0.15) is 0 Å². The van der Waals surface area contributed by atoms with E-state index in [1.54, 1.807) is 0 Å². The van der Waals surface area contributed by atoms with Gasteiger partial charge in [0, 0.05) is 17.3 Å². The van der Waals surface area contributed by atoms with Gasteiger partial charge in [-0.15, -0.1) is 0 Å². The van der Waals surface area contributed by atoms with Crippen LogP contribution in [0, 0.1) is 34.5 Å². The summed E-state index contributed by atoms with van der Waals surface area (Å²) in [5.74, 6) is 3.63. The Morgan fingerprint density at radius 2 is 1.96 bits per heavy atom. The Labute approximate surface area is 151 Å². The zero-order valence-corrected chi connectivity index (χ0v) is 15.4. The number of hydrogen-bond acceptors (Lipinski definition) is 2. The molecule has 5 aliphatic carbocycles. The average molecular weight is 338 g/mol.